The first-order chi connectivity index (χ1) is 12.5. The average molecular weight is 373 g/mol. The minimum atomic E-state index is -0.491. The van der Waals surface area contributed by atoms with Crippen molar-refractivity contribution in [2.75, 3.05) is 13.7 Å². The Kier molecular flexibility index (Phi) is 5.29. The lowest BCUT2D eigenvalue weighted by Crippen LogP contribution is -2.20. The van der Waals surface area contributed by atoms with Gasteiger partial charge in [-0.2, -0.15) is 0 Å². The number of H-pyrrole nitrogens is 1. The van der Waals surface area contributed by atoms with Gasteiger partial charge in [-0.05, 0) is 24.4 Å². The molecule has 0 aliphatic heterocycles. The summed E-state index contributed by atoms with van der Waals surface area (Å²) in [4.78, 5) is 23.4. The minimum Gasteiger partial charge on any atom is -0.494 e. The van der Waals surface area contributed by atoms with Gasteiger partial charge in [0, 0.05) is 20.4 Å². The fraction of sp³-hybridized carbons (Fsp3) is 0.294. The second-order valence-electron chi connectivity index (χ2n) is 5.69. The number of methoxy groups -OCH3 is 1. The number of benzene rings is 1. The van der Waals surface area contributed by atoms with Gasteiger partial charge in [0.1, 0.15) is 11.4 Å². The van der Waals surface area contributed by atoms with Crippen LogP contribution in [0.25, 0.3) is 11.0 Å². The number of hydrogen-bond donors (Lipinski definition) is 2. The Morgan fingerprint density at radius 2 is 2.19 bits per heavy atom. The van der Waals surface area contributed by atoms with E-state index in [1.165, 1.54) is 10.8 Å². The van der Waals surface area contributed by atoms with Gasteiger partial charge in [-0.25, -0.2) is 4.98 Å². The molecule has 0 fully saturated rings. The molecule has 3 rings (SSSR count). The van der Waals surface area contributed by atoms with Crippen LogP contribution in [0.5, 0.6) is 5.88 Å². The largest absolute Gasteiger partial charge is 0.494 e. The van der Waals surface area contributed by atoms with Crippen molar-refractivity contribution in [3.8, 4) is 5.88 Å². The monoisotopic (exact) mass is 373 g/mol. The zero-order valence-corrected chi connectivity index (χ0v) is 15.3. The predicted molar refractivity (Wildman–Crippen MR) is 101 cm³/mol. The summed E-state index contributed by atoms with van der Waals surface area (Å²) in [6.45, 7) is 0.950. The van der Waals surface area contributed by atoms with Crippen LogP contribution < -0.4 is 5.56 Å². The van der Waals surface area contributed by atoms with Gasteiger partial charge in [-0.15, -0.1) is 0 Å². The van der Waals surface area contributed by atoms with Crippen molar-refractivity contribution in [1.82, 2.24) is 19.1 Å². The van der Waals surface area contributed by atoms with Gasteiger partial charge in [0.15, 0.2) is 4.77 Å². The Hall–Kier alpha value is -2.78. The Morgan fingerprint density at radius 1 is 1.42 bits per heavy atom. The average Bonchev–Trinajstić information content (AvgIpc) is 2.94. The molecule has 0 unspecified atom stereocenters. The van der Waals surface area contributed by atoms with E-state index in [1.54, 1.807) is 7.11 Å². The molecule has 9 heteroatoms. The molecular formula is C17H19N5O3S. The zero-order valence-electron chi connectivity index (χ0n) is 14.5. The smallest absolute Gasteiger partial charge is 0.264 e. The highest BCUT2D eigenvalue weighted by Crippen LogP contribution is 2.15. The molecule has 136 valence electrons. The Labute approximate surface area is 154 Å². The molecule has 26 heavy (non-hydrogen) atoms. The van der Waals surface area contributed by atoms with Crippen molar-refractivity contribution in [3.05, 3.63) is 50.8 Å². The Balaban J connectivity index is 1.89. The van der Waals surface area contributed by atoms with Crippen LogP contribution >= 0.6 is 12.2 Å². The first-order valence-corrected chi connectivity index (χ1v) is 8.39. The minimum absolute atomic E-state index is 0.0495. The van der Waals surface area contributed by atoms with E-state index in [1.807, 2.05) is 35.9 Å². The van der Waals surface area contributed by atoms with Gasteiger partial charge >= 0.3 is 0 Å². The van der Waals surface area contributed by atoms with E-state index >= 15 is 0 Å². The molecular weight excluding hydrogens is 354 g/mol. The molecule has 0 spiro atoms. The molecule has 0 aliphatic rings. The molecule has 3 aromatic rings. The lowest BCUT2D eigenvalue weighted by molar-refractivity contribution is 0.182. The fourth-order valence-electron chi connectivity index (χ4n) is 2.64. The van der Waals surface area contributed by atoms with Crippen molar-refractivity contribution in [2.45, 2.75) is 13.1 Å². The summed E-state index contributed by atoms with van der Waals surface area (Å²) in [6, 6.07) is 7.78. The molecule has 0 saturated carbocycles. The maximum Gasteiger partial charge on any atom is 0.264 e. The van der Waals surface area contributed by atoms with Crippen LogP contribution in [0.4, 0.5) is 0 Å². The number of imidazole rings is 1. The fourth-order valence-corrected chi connectivity index (χ4v) is 2.91. The van der Waals surface area contributed by atoms with Crippen molar-refractivity contribution in [2.24, 2.45) is 12.0 Å². The van der Waals surface area contributed by atoms with Gasteiger partial charge in [0.2, 0.25) is 5.88 Å². The molecule has 8 nitrogen and oxygen atoms in total. The molecule has 0 saturated heterocycles. The maximum absolute atomic E-state index is 12.1. The summed E-state index contributed by atoms with van der Waals surface area (Å²) in [5, 5.41) is 10.4. The van der Waals surface area contributed by atoms with Crippen LogP contribution in [0, 0.1) is 4.77 Å². The van der Waals surface area contributed by atoms with E-state index in [9.17, 15) is 9.90 Å². The number of aromatic amines is 1. The van der Waals surface area contributed by atoms with Crippen molar-refractivity contribution >= 4 is 29.5 Å². The number of nitrogens with zero attached hydrogens (tertiary/aromatic N) is 4. The van der Waals surface area contributed by atoms with Gasteiger partial charge in [-0.1, -0.05) is 12.1 Å². The van der Waals surface area contributed by atoms with Gasteiger partial charge < -0.3 is 14.4 Å². The third kappa shape index (κ3) is 3.44. The summed E-state index contributed by atoms with van der Waals surface area (Å²) in [6.07, 6.45) is 1.34. The number of hydrogen-bond acceptors (Lipinski definition) is 6. The second kappa shape index (κ2) is 7.63. The Bertz CT molecular complexity index is 1080. The van der Waals surface area contributed by atoms with Gasteiger partial charge in [0.25, 0.3) is 5.56 Å². The lowest BCUT2D eigenvalue weighted by atomic mass is 10.3. The number of nitrogens with one attached hydrogen (secondary N) is 1. The topological polar surface area (TPSA) is 97.4 Å². The molecule has 0 amide bonds. The second-order valence-corrected chi connectivity index (χ2v) is 6.07. The van der Waals surface area contributed by atoms with E-state index in [2.05, 4.69) is 15.0 Å². The van der Waals surface area contributed by atoms with E-state index in [-0.39, 0.29) is 22.8 Å². The number of aromatic nitrogens is 4. The van der Waals surface area contributed by atoms with E-state index in [4.69, 9.17) is 17.0 Å². The number of aliphatic imine (C=N–C) groups is 1. The van der Waals surface area contributed by atoms with Crippen molar-refractivity contribution < 1.29 is 9.84 Å². The molecule has 0 aliphatic carbocycles. The molecule has 0 bridgehead atoms. The van der Waals surface area contributed by atoms with E-state index < -0.39 is 5.56 Å². The summed E-state index contributed by atoms with van der Waals surface area (Å²) in [5.41, 5.74) is 1.45. The van der Waals surface area contributed by atoms with Crippen LogP contribution in [0.15, 0.2) is 34.1 Å². The predicted octanol–water partition coefficient (Wildman–Crippen LogP) is 1.76. The maximum atomic E-state index is 12.1. The normalized spacial score (nSPS) is 11.6. The number of aromatic hydroxyl groups is 1. The molecule has 2 aromatic heterocycles. The van der Waals surface area contributed by atoms with Crippen LogP contribution in [0.1, 0.15) is 11.4 Å². The number of ether oxygens (including phenoxy) is 1. The number of fused-ring (bicyclic) bond motifs is 1. The number of aryl methyl sites for hydroxylation is 1. The van der Waals surface area contributed by atoms with Crippen molar-refractivity contribution in [1.29, 1.82) is 0 Å². The van der Waals surface area contributed by atoms with Crippen LogP contribution in [0.2, 0.25) is 0 Å². The van der Waals surface area contributed by atoms with Crippen LogP contribution in [-0.4, -0.2) is 44.1 Å². The molecule has 0 radical (unpaired) electrons. The first-order valence-electron chi connectivity index (χ1n) is 7.98. The SMILES string of the molecule is COCCn1c(O)c(C=NCc2nc3ccccc3n2C)c(=O)[nH]c1=S. The highest BCUT2D eigenvalue weighted by molar-refractivity contribution is 7.71. The summed E-state index contributed by atoms with van der Waals surface area (Å²) >= 11 is 5.08. The molecule has 1 aromatic carbocycles. The highest BCUT2D eigenvalue weighted by atomic mass is 32.1. The molecule has 2 N–H and O–H groups in total. The van der Waals surface area contributed by atoms with E-state index in [0.717, 1.165) is 16.9 Å². The highest BCUT2D eigenvalue weighted by Gasteiger charge is 2.11. The standard InChI is InChI=1S/C17H19N5O3S/c1-21-13-6-4-3-5-12(13)19-14(21)10-18-9-11-15(23)20-17(26)22(16(11)24)7-8-25-2/h3-6,9,24H,7-8,10H2,1-2H3,(H,20,23,26). The molecule has 0 atom stereocenters. The third-order valence-corrected chi connectivity index (χ3v) is 4.38. The first kappa shape index (κ1) is 18.0. The van der Waals surface area contributed by atoms with Crippen LogP contribution in [0.3, 0.4) is 0 Å². The van der Waals surface area contributed by atoms with Crippen molar-refractivity contribution in [3.63, 3.8) is 0 Å². The molecule has 2 heterocycles. The van der Waals surface area contributed by atoms with E-state index in [0.29, 0.717) is 13.2 Å². The summed E-state index contributed by atoms with van der Waals surface area (Å²) in [5.74, 6) is 0.523. The summed E-state index contributed by atoms with van der Waals surface area (Å²) < 4.78 is 8.47. The van der Waals surface area contributed by atoms with Gasteiger partial charge in [-0.3, -0.25) is 19.3 Å². The lowest BCUT2D eigenvalue weighted by Gasteiger charge is -2.10. The van der Waals surface area contributed by atoms with Crippen LogP contribution in [-0.2, 0) is 24.9 Å². The van der Waals surface area contributed by atoms with Gasteiger partial charge in [0.05, 0.1) is 30.7 Å². The zero-order chi connectivity index (χ0) is 18.7. The number of para-hydroxylation sites is 2. The number of rotatable bonds is 6. The summed E-state index contributed by atoms with van der Waals surface area (Å²) in [7, 11) is 3.46. The third-order valence-electron chi connectivity index (χ3n) is 4.06. The Morgan fingerprint density at radius 3 is 2.92 bits per heavy atom. The quantitative estimate of drug-likeness (QED) is 0.507.